The summed E-state index contributed by atoms with van der Waals surface area (Å²) in [6.45, 7) is 2.13. The van der Waals surface area contributed by atoms with E-state index < -0.39 is 9.84 Å². The lowest BCUT2D eigenvalue weighted by atomic mass is 10.1. The van der Waals surface area contributed by atoms with Crippen molar-refractivity contribution in [2.45, 2.75) is 10.8 Å². The number of hydrogen-bond donors (Lipinski definition) is 0. The maximum Gasteiger partial charge on any atom is 0.298 e. The highest BCUT2D eigenvalue weighted by Gasteiger charge is 2.25. The summed E-state index contributed by atoms with van der Waals surface area (Å²) in [7, 11) is -3.60. The van der Waals surface area contributed by atoms with Gasteiger partial charge in [0, 0.05) is 49.0 Å². The van der Waals surface area contributed by atoms with E-state index in [9.17, 15) is 13.2 Å². The van der Waals surface area contributed by atoms with Gasteiger partial charge in [0.25, 0.3) is 11.9 Å². The minimum absolute atomic E-state index is 0.0179. The number of amides is 1. The van der Waals surface area contributed by atoms with Crippen LogP contribution in [0.15, 0.2) is 76.3 Å². The first-order valence-electron chi connectivity index (χ1n) is 10.7. The highest BCUT2D eigenvalue weighted by molar-refractivity contribution is 7.90. The Labute approximate surface area is 201 Å². The monoisotopic (exact) mass is 496 g/mol. The van der Waals surface area contributed by atoms with Gasteiger partial charge in [-0.15, -0.1) is 0 Å². The fourth-order valence-electron chi connectivity index (χ4n) is 3.92. The Hall–Kier alpha value is -3.43. The first-order chi connectivity index (χ1) is 16.4. The third-order valence-corrected chi connectivity index (χ3v) is 7.49. The molecule has 5 rings (SSSR count). The van der Waals surface area contributed by atoms with Crippen LogP contribution >= 0.6 is 11.6 Å². The number of halogens is 1. The molecule has 0 atom stereocenters. The van der Waals surface area contributed by atoms with Gasteiger partial charge >= 0.3 is 0 Å². The summed E-state index contributed by atoms with van der Waals surface area (Å²) in [5.41, 5.74) is 2.35. The first kappa shape index (κ1) is 22.4. The number of piperazine rings is 1. The van der Waals surface area contributed by atoms with E-state index in [1.807, 2.05) is 11.0 Å². The van der Waals surface area contributed by atoms with Crippen molar-refractivity contribution in [1.82, 2.24) is 14.9 Å². The molecule has 0 bridgehead atoms. The Morgan fingerprint density at radius 2 is 1.82 bits per heavy atom. The zero-order valence-corrected chi connectivity index (χ0v) is 19.7. The number of oxazole rings is 1. The van der Waals surface area contributed by atoms with Gasteiger partial charge < -0.3 is 14.2 Å². The number of fused-ring (bicyclic) bond motifs is 1. The Morgan fingerprint density at radius 3 is 2.59 bits per heavy atom. The van der Waals surface area contributed by atoms with Crippen LogP contribution in [0.2, 0.25) is 5.02 Å². The predicted molar refractivity (Wildman–Crippen MR) is 129 cm³/mol. The lowest BCUT2D eigenvalue weighted by Crippen LogP contribution is -2.48. The number of benzene rings is 2. The molecule has 2 aromatic heterocycles. The van der Waals surface area contributed by atoms with Gasteiger partial charge in [-0.25, -0.2) is 13.4 Å². The number of aromatic nitrogens is 2. The molecule has 0 radical (unpaired) electrons. The molecule has 174 valence electrons. The molecule has 10 heteroatoms. The smallest absolute Gasteiger partial charge is 0.298 e. The maximum atomic E-state index is 13.1. The predicted octanol–water partition coefficient (Wildman–Crippen LogP) is 3.81. The minimum atomic E-state index is -3.60. The Kier molecular flexibility index (Phi) is 5.97. The van der Waals surface area contributed by atoms with Gasteiger partial charge in [-0.1, -0.05) is 29.8 Å². The van der Waals surface area contributed by atoms with Gasteiger partial charge in [-0.05, 0) is 42.0 Å². The summed E-state index contributed by atoms with van der Waals surface area (Å²) in [5.74, 6) is -0.359. The minimum Gasteiger partial charge on any atom is -0.423 e. The van der Waals surface area contributed by atoms with Crippen LogP contribution in [0.4, 0.5) is 6.01 Å². The van der Waals surface area contributed by atoms with Gasteiger partial charge in [-0.2, -0.15) is 4.98 Å². The molecule has 0 spiro atoms. The maximum absolute atomic E-state index is 13.1. The molecule has 4 aromatic rings. The van der Waals surface area contributed by atoms with Crippen LogP contribution in [-0.2, 0) is 15.6 Å². The number of nitrogens with zero attached hydrogens (tertiary/aromatic N) is 4. The highest BCUT2D eigenvalue weighted by Crippen LogP contribution is 2.26. The number of pyridine rings is 1. The van der Waals surface area contributed by atoms with Crippen molar-refractivity contribution in [2.75, 3.05) is 31.1 Å². The van der Waals surface area contributed by atoms with Crippen molar-refractivity contribution in [2.24, 2.45) is 0 Å². The second-order valence-corrected chi connectivity index (χ2v) is 10.4. The number of hydrogen-bond acceptors (Lipinski definition) is 7. The molecular formula is C24H21ClN4O4S. The fourth-order valence-corrected chi connectivity index (χ4v) is 5.36. The van der Waals surface area contributed by atoms with Gasteiger partial charge in [-0.3, -0.25) is 4.79 Å². The quantitative estimate of drug-likeness (QED) is 0.414. The molecular weight excluding hydrogens is 476 g/mol. The lowest BCUT2D eigenvalue weighted by Gasteiger charge is -2.33. The molecule has 1 amide bonds. The second-order valence-electron chi connectivity index (χ2n) is 8.02. The molecule has 2 aromatic carbocycles. The Morgan fingerprint density at radius 1 is 1.00 bits per heavy atom. The molecule has 34 heavy (non-hydrogen) atoms. The summed E-state index contributed by atoms with van der Waals surface area (Å²) >= 11 is 6.02. The zero-order valence-electron chi connectivity index (χ0n) is 18.1. The number of sulfone groups is 1. The molecule has 1 fully saturated rings. The molecule has 1 saturated heterocycles. The molecule has 1 aliphatic heterocycles. The third-order valence-electron chi connectivity index (χ3n) is 5.66. The van der Waals surface area contributed by atoms with Crippen LogP contribution in [-0.4, -0.2) is 55.4 Å². The number of carbonyl (C=O) groups is 1. The van der Waals surface area contributed by atoms with Gasteiger partial charge in [0.15, 0.2) is 20.4 Å². The average molecular weight is 497 g/mol. The fraction of sp³-hybridized carbons (Fsp3) is 0.208. The van der Waals surface area contributed by atoms with E-state index in [0.29, 0.717) is 53.9 Å². The SMILES string of the molecule is O=C(c1cccc(CS(=O)(=O)c2ccccn2)c1)N1CCN(c2nc3ccc(Cl)cc3o2)CC1. The Bertz CT molecular complexity index is 1450. The van der Waals surface area contributed by atoms with Gasteiger partial charge in [0.05, 0.1) is 5.75 Å². The normalized spacial score (nSPS) is 14.5. The Balaban J connectivity index is 1.25. The van der Waals surface area contributed by atoms with E-state index in [2.05, 4.69) is 9.97 Å². The third kappa shape index (κ3) is 4.62. The molecule has 3 heterocycles. The van der Waals surface area contributed by atoms with Gasteiger partial charge in [0.1, 0.15) is 5.52 Å². The van der Waals surface area contributed by atoms with Crippen molar-refractivity contribution < 1.29 is 17.6 Å². The van der Waals surface area contributed by atoms with E-state index in [1.165, 1.54) is 12.3 Å². The standard InChI is InChI=1S/C24H21ClN4O4S/c25-19-7-8-20-21(15-19)33-24(27-20)29-12-10-28(11-13-29)23(30)18-5-3-4-17(14-18)16-34(31,32)22-6-1-2-9-26-22/h1-9,14-15H,10-13,16H2. The summed E-state index contributed by atoms with van der Waals surface area (Å²) < 4.78 is 31.1. The van der Waals surface area contributed by atoms with Crippen LogP contribution in [0.1, 0.15) is 15.9 Å². The van der Waals surface area contributed by atoms with E-state index in [1.54, 1.807) is 53.4 Å². The van der Waals surface area contributed by atoms with Crippen molar-refractivity contribution in [3.63, 3.8) is 0 Å². The first-order valence-corrected chi connectivity index (χ1v) is 12.8. The molecule has 0 saturated carbocycles. The largest absolute Gasteiger partial charge is 0.423 e. The average Bonchev–Trinajstić information content (AvgIpc) is 3.27. The van der Waals surface area contributed by atoms with Crippen molar-refractivity contribution >= 4 is 44.5 Å². The topological polar surface area (TPSA) is 96.6 Å². The van der Waals surface area contributed by atoms with E-state index >= 15 is 0 Å². The summed E-state index contributed by atoms with van der Waals surface area (Å²) in [6, 6.07) is 17.3. The van der Waals surface area contributed by atoms with Crippen molar-refractivity contribution in [3.05, 3.63) is 83.0 Å². The van der Waals surface area contributed by atoms with Gasteiger partial charge in [0.2, 0.25) is 0 Å². The summed E-state index contributed by atoms with van der Waals surface area (Å²) in [5, 5.41) is 0.602. The molecule has 1 aliphatic rings. The van der Waals surface area contributed by atoms with E-state index in [0.717, 1.165) is 5.52 Å². The van der Waals surface area contributed by atoms with Crippen molar-refractivity contribution in [3.8, 4) is 0 Å². The van der Waals surface area contributed by atoms with E-state index in [4.69, 9.17) is 16.0 Å². The molecule has 0 aliphatic carbocycles. The summed E-state index contributed by atoms with van der Waals surface area (Å²) in [4.78, 5) is 25.3. The second kappa shape index (κ2) is 9.08. The molecule has 0 unspecified atom stereocenters. The van der Waals surface area contributed by atoms with Crippen LogP contribution < -0.4 is 4.90 Å². The van der Waals surface area contributed by atoms with Crippen LogP contribution in [0.25, 0.3) is 11.1 Å². The van der Waals surface area contributed by atoms with Crippen LogP contribution in [0.3, 0.4) is 0 Å². The van der Waals surface area contributed by atoms with Crippen molar-refractivity contribution in [1.29, 1.82) is 0 Å². The number of anilines is 1. The molecule has 0 N–H and O–H groups in total. The number of rotatable bonds is 5. The summed E-state index contributed by atoms with van der Waals surface area (Å²) in [6.07, 6.45) is 1.45. The number of carbonyl (C=O) groups excluding carboxylic acids is 1. The molecule has 8 nitrogen and oxygen atoms in total. The highest BCUT2D eigenvalue weighted by atomic mass is 35.5. The lowest BCUT2D eigenvalue weighted by molar-refractivity contribution is 0.0745. The van der Waals surface area contributed by atoms with Crippen LogP contribution in [0, 0.1) is 0 Å². The zero-order chi connectivity index (χ0) is 23.7. The van der Waals surface area contributed by atoms with E-state index in [-0.39, 0.29) is 16.7 Å². The van der Waals surface area contributed by atoms with Crippen LogP contribution in [0.5, 0.6) is 0 Å².